The second-order valence-corrected chi connectivity index (χ2v) is 5.14. The summed E-state index contributed by atoms with van der Waals surface area (Å²) in [6, 6.07) is 10.4. The molecular formula is C14H16N2O3. The largest absolute Gasteiger partial charge is 0.493 e. The number of esters is 1. The van der Waals surface area contributed by atoms with Crippen LogP contribution in [0.4, 0.5) is 0 Å². The van der Waals surface area contributed by atoms with Crippen molar-refractivity contribution >= 4 is 5.97 Å². The highest BCUT2D eigenvalue weighted by atomic mass is 16.6. The van der Waals surface area contributed by atoms with Crippen molar-refractivity contribution in [1.82, 2.24) is 9.78 Å². The third kappa shape index (κ3) is 3.13. The first-order chi connectivity index (χ1) is 8.87. The van der Waals surface area contributed by atoms with Gasteiger partial charge in [0.1, 0.15) is 5.60 Å². The maximum Gasteiger partial charge on any atom is 0.359 e. The summed E-state index contributed by atoms with van der Waals surface area (Å²) in [6.45, 7) is 5.33. The SMILES string of the molecule is CC(C)(C)OC(=O)c1cc(O)n(-c2ccccc2)n1. The van der Waals surface area contributed by atoms with Gasteiger partial charge in [0.25, 0.3) is 0 Å². The Bertz CT molecular complexity index is 582. The first kappa shape index (κ1) is 13.1. The highest BCUT2D eigenvalue weighted by Crippen LogP contribution is 2.19. The molecule has 0 atom stereocenters. The summed E-state index contributed by atoms with van der Waals surface area (Å²) in [6.07, 6.45) is 0. The van der Waals surface area contributed by atoms with E-state index in [1.807, 2.05) is 18.2 Å². The van der Waals surface area contributed by atoms with E-state index in [2.05, 4.69) is 5.10 Å². The summed E-state index contributed by atoms with van der Waals surface area (Å²) in [4.78, 5) is 11.8. The van der Waals surface area contributed by atoms with E-state index >= 15 is 0 Å². The Morgan fingerprint density at radius 2 is 1.89 bits per heavy atom. The number of nitrogens with zero attached hydrogens (tertiary/aromatic N) is 2. The molecule has 5 nitrogen and oxygen atoms in total. The molecule has 0 aliphatic heterocycles. The normalized spacial score (nSPS) is 11.3. The molecule has 0 amide bonds. The summed E-state index contributed by atoms with van der Waals surface area (Å²) in [5.41, 5.74) is 0.162. The van der Waals surface area contributed by atoms with Crippen LogP contribution in [0.25, 0.3) is 5.69 Å². The molecule has 0 saturated carbocycles. The number of aromatic nitrogens is 2. The van der Waals surface area contributed by atoms with Gasteiger partial charge < -0.3 is 9.84 Å². The molecule has 1 heterocycles. The van der Waals surface area contributed by atoms with Crippen molar-refractivity contribution < 1.29 is 14.6 Å². The molecule has 0 aliphatic rings. The van der Waals surface area contributed by atoms with E-state index in [-0.39, 0.29) is 11.6 Å². The molecule has 0 unspecified atom stereocenters. The number of rotatable bonds is 2. The molecule has 0 fully saturated rings. The third-order valence-corrected chi connectivity index (χ3v) is 2.30. The molecule has 0 radical (unpaired) electrons. The van der Waals surface area contributed by atoms with Crippen LogP contribution in [-0.4, -0.2) is 26.5 Å². The van der Waals surface area contributed by atoms with Gasteiger partial charge in [0.05, 0.1) is 5.69 Å². The highest BCUT2D eigenvalue weighted by molar-refractivity contribution is 5.88. The van der Waals surface area contributed by atoms with Crippen LogP contribution in [-0.2, 0) is 4.74 Å². The zero-order valence-corrected chi connectivity index (χ0v) is 11.1. The number of aromatic hydroxyl groups is 1. The molecule has 2 rings (SSSR count). The maximum atomic E-state index is 11.8. The Hall–Kier alpha value is -2.30. The molecule has 0 spiro atoms. The van der Waals surface area contributed by atoms with Gasteiger partial charge in [0.15, 0.2) is 5.69 Å². The number of hydrogen-bond donors (Lipinski definition) is 1. The topological polar surface area (TPSA) is 64.3 Å². The number of ether oxygens (including phenoxy) is 1. The lowest BCUT2D eigenvalue weighted by Crippen LogP contribution is -2.24. The number of carbonyl (C=O) groups excluding carboxylic acids is 1. The quantitative estimate of drug-likeness (QED) is 0.843. The third-order valence-electron chi connectivity index (χ3n) is 2.30. The molecule has 19 heavy (non-hydrogen) atoms. The van der Waals surface area contributed by atoms with E-state index in [0.29, 0.717) is 5.69 Å². The van der Waals surface area contributed by atoms with Gasteiger partial charge in [-0.1, -0.05) is 18.2 Å². The smallest absolute Gasteiger partial charge is 0.359 e. The summed E-state index contributed by atoms with van der Waals surface area (Å²) in [5, 5.41) is 13.9. The molecule has 1 aromatic carbocycles. The predicted molar refractivity (Wildman–Crippen MR) is 70.4 cm³/mol. The molecule has 1 aromatic heterocycles. The fraction of sp³-hybridized carbons (Fsp3) is 0.286. The van der Waals surface area contributed by atoms with Crippen molar-refractivity contribution in [2.75, 3.05) is 0 Å². The molecule has 2 aromatic rings. The second kappa shape index (κ2) is 4.76. The molecule has 0 aliphatic carbocycles. The standard InChI is InChI=1S/C14H16N2O3/c1-14(2,3)19-13(18)11-9-12(17)16(15-11)10-7-5-4-6-8-10/h4-9,17H,1-3H3. The van der Waals surface area contributed by atoms with E-state index in [9.17, 15) is 9.90 Å². The first-order valence-corrected chi connectivity index (χ1v) is 5.94. The average molecular weight is 260 g/mol. The van der Waals surface area contributed by atoms with E-state index in [0.717, 1.165) is 0 Å². The van der Waals surface area contributed by atoms with Gasteiger partial charge in [-0.05, 0) is 32.9 Å². The second-order valence-electron chi connectivity index (χ2n) is 5.14. The zero-order chi connectivity index (χ0) is 14.0. The predicted octanol–water partition coefficient (Wildman–Crippen LogP) is 2.53. The lowest BCUT2D eigenvalue weighted by molar-refractivity contribution is 0.00623. The monoisotopic (exact) mass is 260 g/mol. The number of benzene rings is 1. The van der Waals surface area contributed by atoms with Gasteiger partial charge in [-0.25, -0.2) is 9.48 Å². The lowest BCUT2D eigenvalue weighted by atomic mass is 10.2. The van der Waals surface area contributed by atoms with Crippen LogP contribution in [0.1, 0.15) is 31.3 Å². The van der Waals surface area contributed by atoms with Gasteiger partial charge in [0, 0.05) is 6.07 Å². The van der Waals surface area contributed by atoms with Crippen LogP contribution >= 0.6 is 0 Å². The minimum Gasteiger partial charge on any atom is -0.493 e. The molecule has 5 heteroatoms. The van der Waals surface area contributed by atoms with E-state index in [4.69, 9.17) is 4.74 Å². The van der Waals surface area contributed by atoms with Crippen molar-refractivity contribution in [2.45, 2.75) is 26.4 Å². The summed E-state index contributed by atoms with van der Waals surface area (Å²) in [5.74, 6) is -0.662. The number of carbonyl (C=O) groups is 1. The average Bonchev–Trinajstić information content (AvgIpc) is 2.70. The van der Waals surface area contributed by atoms with Gasteiger partial charge >= 0.3 is 5.97 Å². The van der Waals surface area contributed by atoms with Crippen LogP contribution in [0, 0.1) is 0 Å². The van der Waals surface area contributed by atoms with Crippen LogP contribution in [0.5, 0.6) is 5.88 Å². The molecule has 0 bridgehead atoms. The first-order valence-electron chi connectivity index (χ1n) is 5.94. The number of hydrogen-bond acceptors (Lipinski definition) is 4. The van der Waals surface area contributed by atoms with Gasteiger partial charge in [-0.3, -0.25) is 0 Å². The van der Waals surface area contributed by atoms with Crippen LogP contribution < -0.4 is 0 Å². The van der Waals surface area contributed by atoms with Crippen molar-refractivity contribution in [3.63, 3.8) is 0 Å². The Labute approximate surface area is 111 Å². The van der Waals surface area contributed by atoms with Crippen molar-refractivity contribution in [1.29, 1.82) is 0 Å². The molecule has 100 valence electrons. The Morgan fingerprint density at radius 3 is 2.47 bits per heavy atom. The summed E-state index contributed by atoms with van der Waals surface area (Å²) < 4.78 is 6.49. The van der Waals surface area contributed by atoms with E-state index < -0.39 is 11.6 Å². The van der Waals surface area contributed by atoms with Crippen molar-refractivity contribution in [3.05, 3.63) is 42.1 Å². The minimum atomic E-state index is -0.594. The summed E-state index contributed by atoms with van der Waals surface area (Å²) >= 11 is 0. The van der Waals surface area contributed by atoms with Crippen LogP contribution in [0.3, 0.4) is 0 Å². The minimum absolute atomic E-state index is 0.0799. The van der Waals surface area contributed by atoms with Crippen molar-refractivity contribution in [2.24, 2.45) is 0 Å². The highest BCUT2D eigenvalue weighted by Gasteiger charge is 2.21. The Balaban J connectivity index is 2.29. The van der Waals surface area contributed by atoms with E-state index in [1.54, 1.807) is 32.9 Å². The maximum absolute atomic E-state index is 11.8. The fourth-order valence-corrected chi connectivity index (χ4v) is 1.56. The van der Waals surface area contributed by atoms with Gasteiger partial charge in [-0.2, -0.15) is 5.10 Å². The van der Waals surface area contributed by atoms with E-state index in [1.165, 1.54) is 10.7 Å². The molecular weight excluding hydrogens is 244 g/mol. The fourth-order valence-electron chi connectivity index (χ4n) is 1.56. The number of para-hydroxylation sites is 1. The van der Waals surface area contributed by atoms with Gasteiger partial charge in [0.2, 0.25) is 5.88 Å². The summed E-state index contributed by atoms with van der Waals surface area (Å²) in [7, 11) is 0. The van der Waals surface area contributed by atoms with Crippen LogP contribution in [0.2, 0.25) is 0 Å². The lowest BCUT2D eigenvalue weighted by Gasteiger charge is -2.18. The van der Waals surface area contributed by atoms with Crippen LogP contribution in [0.15, 0.2) is 36.4 Å². The molecule has 0 saturated heterocycles. The van der Waals surface area contributed by atoms with Gasteiger partial charge in [-0.15, -0.1) is 0 Å². The van der Waals surface area contributed by atoms with Crippen molar-refractivity contribution in [3.8, 4) is 11.6 Å². The Kier molecular flexibility index (Phi) is 3.29. The molecule has 1 N–H and O–H groups in total. The Morgan fingerprint density at radius 1 is 1.26 bits per heavy atom. The zero-order valence-electron chi connectivity index (χ0n) is 11.1.